The van der Waals surface area contributed by atoms with Crippen molar-refractivity contribution in [3.05, 3.63) is 287 Å². The molecule has 18 heteroatoms. The molecule has 5 fully saturated rings. The van der Waals surface area contributed by atoms with E-state index in [1.165, 1.54) is 6.07 Å². The Hall–Kier alpha value is -7.41. The SMILES string of the molecule is CC1(C)OC[C@H]([C@@H]2O[C@@H](O[C@H]3[C@H]4OC(c5ccccc5)OC[C@H]4O[C@@H](OCc4ccccc4C(=O)O)[C@@H]3OCc3ccccc3)[C@H](O[C@@H]3O[C@@H]([C@@H](COCc4ccccc4)OCc4ccccc4)[C@H](OCc4ccccc4)[C@H]3OCc3ccccc3)[C@H]2OCc2ccccc2)O1. The van der Waals surface area contributed by atoms with Crippen LogP contribution in [0.3, 0.4) is 0 Å². The van der Waals surface area contributed by atoms with Crippen LogP contribution >= 0.6 is 0 Å². The summed E-state index contributed by atoms with van der Waals surface area (Å²) in [5, 5.41) is 10.3. The van der Waals surface area contributed by atoms with Crippen LogP contribution in [0.25, 0.3) is 0 Å². The van der Waals surface area contributed by atoms with Crippen molar-refractivity contribution in [3.8, 4) is 0 Å². The van der Waals surface area contributed by atoms with E-state index in [0.29, 0.717) is 12.2 Å². The predicted molar refractivity (Wildman–Crippen MR) is 350 cm³/mol. The maximum atomic E-state index is 12.6. The maximum Gasteiger partial charge on any atom is 0.336 e. The number of aromatic carboxylic acids is 1. The summed E-state index contributed by atoms with van der Waals surface area (Å²) in [5.74, 6) is -2.10. The van der Waals surface area contributed by atoms with Gasteiger partial charge >= 0.3 is 5.97 Å². The fraction of sp³-hybridized carbons (Fsp3) is 0.372. The van der Waals surface area contributed by atoms with Gasteiger partial charge in [-0.3, -0.25) is 0 Å². The van der Waals surface area contributed by atoms with Gasteiger partial charge in [-0.1, -0.05) is 231 Å². The summed E-state index contributed by atoms with van der Waals surface area (Å²) in [6.07, 6.45) is -15.8. The Kier molecular flexibility index (Phi) is 22.9. The van der Waals surface area contributed by atoms with Crippen molar-refractivity contribution in [1.82, 2.24) is 0 Å². The molecule has 502 valence electrons. The molecule has 16 atom stereocenters. The molecular weight excluding hydrogens is 1220 g/mol. The Labute approximate surface area is 560 Å². The normalized spacial score (nSPS) is 28.0. The van der Waals surface area contributed by atoms with E-state index in [9.17, 15) is 9.90 Å². The minimum absolute atomic E-state index is 0.0466. The van der Waals surface area contributed by atoms with Gasteiger partial charge in [0.2, 0.25) is 0 Å². The number of carboxylic acids is 1. The second-order valence-electron chi connectivity index (χ2n) is 24.9. The lowest BCUT2D eigenvalue weighted by Crippen LogP contribution is -2.64. The summed E-state index contributed by atoms with van der Waals surface area (Å²) >= 11 is 0. The van der Waals surface area contributed by atoms with Crippen LogP contribution in [0.15, 0.2) is 237 Å². The number of benzene rings is 8. The van der Waals surface area contributed by atoms with Crippen LogP contribution in [0.5, 0.6) is 0 Å². The zero-order valence-corrected chi connectivity index (χ0v) is 53.7. The van der Waals surface area contributed by atoms with Crippen molar-refractivity contribution in [2.75, 3.05) is 19.8 Å². The first kappa shape index (κ1) is 67.2. The fourth-order valence-electron chi connectivity index (χ4n) is 12.8. The molecule has 18 nitrogen and oxygen atoms in total. The molecule has 5 heterocycles. The molecule has 96 heavy (non-hydrogen) atoms. The number of carboxylic acid groups (broad SMARTS) is 1. The molecule has 13 rings (SSSR count). The van der Waals surface area contributed by atoms with Crippen LogP contribution < -0.4 is 0 Å². The molecular formula is C78H82O18. The highest BCUT2D eigenvalue weighted by atomic mass is 16.8. The highest BCUT2D eigenvalue weighted by Gasteiger charge is 2.61. The van der Waals surface area contributed by atoms with E-state index in [1.54, 1.807) is 18.2 Å². The minimum Gasteiger partial charge on any atom is -0.478 e. The monoisotopic (exact) mass is 1310 g/mol. The van der Waals surface area contributed by atoms with Gasteiger partial charge in [0.1, 0.15) is 73.2 Å². The van der Waals surface area contributed by atoms with E-state index in [4.69, 9.17) is 75.8 Å². The molecule has 8 aromatic carbocycles. The van der Waals surface area contributed by atoms with E-state index >= 15 is 0 Å². The van der Waals surface area contributed by atoms with Crippen molar-refractivity contribution >= 4 is 5.97 Å². The number of hydrogen-bond acceptors (Lipinski definition) is 17. The van der Waals surface area contributed by atoms with Crippen LogP contribution in [0, 0.1) is 0 Å². The van der Waals surface area contributed by atoms with Gasteiger partial charge in [0.05, 0.1) is 71.6 Å². The summed E-state index contributed by atoms with van der Waals surface area (Å²) in [6.45, 7) is 4.93. The minimum atomic E-state index is -1.34. The van der Waals surface area contributed by atoms with Crippen LogP contribution in [-0.2, 0) is 122 Å². The topological polar surface area (TPSA) is 185 Å². The summed E-state index contributed by atoms with van der Waals surface area (Å²) in [5.41, 5.74) is 6.79. The molecule has 0 radical (unpaired) electrons. The quantitative estimate of drug-likeness (QED) is 0.0448. The number of carbonyl (C=O) groups is 1. The Bertz CT molecular complexity index is 3620. The highest BCUT2D eigenvalue weighted by molar-refractivity contribution is 5.89. The van der Waals surface area contributed by atoms with Crippen molar-refractivity contribution in [3.63, 3.8) is 0 Å². The first-order valence-electron chi connectivity index (χ1n) is 32.9. The molecule has 1 N–H and O–H groups in total. The van der Waals surface area contributed by atoms with Gasteiger partial charge in [0.25, 0.3) is 0 Å². The predicted octanol–water partition coefficient (Wildman–Crippen LogP) is 12.3. The third-order valence-electron chi connectivity index (χ3n) is 17.6. The molecule has 5 aliphatic rings. The Morgan fingerprint density at radius 1 is 0.438 bits per heavy atom. The lowest BCUT2D eigenvalue weighted by molar-refractivity contribution is -0.388. The summed E-state index contributed by atoms with van der Waals surface area (Å²) in [4.78, 5) is 12.6. The van der Waals surface area contributed by atoms with E-state index in [0.717, 1.165) is 38.9 Å². The van der Waals surface area contributed by atoms with Gasteiger partial charge in [-0.2, -0.15) is 0 Å². The maximum absolute atomic E-state index is 12.6. The summed E-state index contributed by atoms with van der Waals surface area (Å²) in [7, 11) is 0. The molecule has 0 aromatic heterocycles. The number of hydrogen-bond donors (Lipinski definition) is 1. The lowest BCUT2D eigenvalue weighted by Gasteiger charge is -2.49. The first-order chi connectivity index (χ1) is 47.1. The molecule has 0 spiro atoms. The number of fused-ring (bicyclic) bond motifs is 1. The van der Waals surface area contributed by atoms with E-state index in [1.807, 2.05) is 226 Å². The molecule has 0 saturated carbocycles. The molecule has 0 bridgehead atoms. The molecule has 5 aliphatic heterocycles. The molecule has 0 amide bonds. The third kappa shape index (κ3) is 17.3. The van der Waals surface area contributed by atoms with Gasteiger partial charge in [0, 0.05) is 5.56 Å². The molecule has 0 aliphatic carbocycles. The van der Waals surface area contributed by atoms with Gasteiger partial charge in [0.15, 0.2) is 30.9 Å². The van der Waals surface area contributed by atoms with Gasteiger partial charge in [-0.05, 0) is 58.9 Å². The van der Waals surface area contributed by atoms with Crippen LogP contribution in [0.2, 0.25) is 0 Å². The average Bonchev–Trinajstić information content (AvgIpc) is 1.40. The van der Waals surface area contributed by atoms with Gasteiger partial charge in [-0.15, -0.1) is 0 Å². The lowest BCUT2D eigenvalue weighted by atomic mass is 9.96. The first-order valence-corrected chi connectivity index (χ1v) is 32.9. The smallest absolute Gasteiger partial charge is 0.336 e. The van der Waals surface area contributed by atoms with Crippen molar-refractivity contribution < 1.29 is 85.7 Å². The standard InChI is InChI=1S/C78H82O18/c1-78(2)89-51-63(96-78)66-68(84-45-55-32-16-6-17-33-55)72(77(93-66)94-69-65-62(50-88-74(91-65)58-38-22-9-23-39-58)90-75(71(69)86-47-57-36-20-8-21-37-57)87-48-59-40-24-25-41-60(59)73(79)80)95-76-70(85-46-56-34-18-7-19-35-56)67(83-44-54-30-14-5-15-31-54)64(92-76)61(82-43-53-28-12-4-13-29-53)49-81-42-52-26-10-3-11-27-52/h3-41,61-72,74-77H,42-51H2,1-2H3,(H,79,80)/t61-,62-,63-,64+,65+,66+,67+,68+,69+,70-,71-,72-,74?,75-,76+,77+/m1/s1. The summed E-state index contributed by atoms with van der Waals surface area (Å²) < 4.78 is 113. The Morgan fingerprint density at radius 3 is 1.44 bits per heavy atom. The summed E-state index contributed by atoms with van der Waals surface area (Å²) in [6, 6.07) is 75.7. The van der Waals surface area contributed by atoms with Crippen molar-refractivity contribution in [2.45, 2.75) is 164 Å². The largest absolute Gasteiger partial charge is 0.478 e. The zero-order chi connectivity index (χ0) is 65.5. The second kappa shape index (κ2) is 32.8. The number of ether oxygens (including phenoxy) is 16. The van der Waals surface area contributed by atoms with E-state index < -0.39 is 110 Å². The highest BCUT2D eigenvalue weighted by Crippen LogP contribution is 2.44. The average molecular weight is 1310 g/mol. The molecule has 1 unspecified atom stereocenters. The third-order valence-corrected chi connectivity index (χ3v) is 17.6. The van der Waals surface area contributed by atoms with Crippen LogP contribution in [0.1, 0.15) is 75.0 Å². The van der Waals surface area contributed by atoms with E-state index in [-0.39, 0.29) is 65.0 Å². The van der Waals surface area contributed by atoms with E-state index in [2.05, 4.69) is 0 Å². The Morgan fingerprint density at radius 2 is 0.896 bits per heavy atom. The van der Waals surface area contributed by atoms with Crippen LogP contribution in [-0.4, -0.2) is 129 Å². The second-order valence-corrected chi connectivity index (χ2v) is 24.9. The Balaban J connectivity index is 0.916. The van der Waals surface area contributed by atoms with Crippen molar-refractivity contribution in [1.29, 1.82) is 0 Å². The van der Waals surface area contributed by atoms with Crippen LogP contribution in [0.4, 0.5) is 0 Å². The van der Waals surface area contributed by atoms with Gasteiger partial charge < -0.3 is 80.9 Å². The van der Waals surface area contributed by atoms with Gasteiger partial charge in [-0.25, -0.2) is 4.79 Å². The molecule has 5 saturated heterocycles. The fourth-order valence-corrected chi connectivity index (χ4v) is 12.8. The van der Waals surface area contributed by atoms with Crippen molar-refractivity contribution in [2.24, 2.45) is 0 Å². The molecule has 8 aromatic rings. The zero-order valence-electron chi connectivity index (χ0n) is 53.7. The number of rotatable bonds is 30.